The number of nitrogens with zero attached hydrogens (tertiary/aromatic N) is 1. The molecular weight excluding hydrogens is 236 g/mol. The van der Waals surface area contributed by atoms with E-state index in [-0.39, 0.29) is 6.04 Å². The van der Waals surface area contributed by atoms with Crippen molar-refractivity contribution in [1.82, 2.24) is 10.4 Å². The normalized spacial score (nSPS) is 12.3. The summed E-state index contributed by atoms with van der Waals surface area (Å²) >= 11 is 0. The second-order valence-electron chi connectivity index (χ2n) is 4.68. The van der Waals surface area contributed by atoms with Gasteiger partial charge < -0.3 is 5.73 Å². The molecule has 0 bridgehead atoms. The van der Waals surface area contributed by atoms with Crippen LogP contribution in [0.4, 0.5) is 5.82 Å². The third-order valence-electron chi connectivity index (χ3n) is 3.19. The molecule has 0 aliphatic carbocycles. The summed E-state index contributed by atoms with van der Waals surface area (Å²) in [5, 5.41) is 0. The zero-order valence-electron chi connectivity index (χ0n) is 10.9. The van der Waals surface area contributed by atoms with E-state index in [0.717, 1.165) is 24.8 Å². The van der Waals surface area contributed by atoms with Gasteiger partial charge in [0.2, 0.25) is 0 Å². The first-order valence-corrected chi connectivity index (χ1v) is 6.48. The van der Waals surface area contributed by atoms with Crippen LogP contribution in [0, 0.1) is 0 Å². The first-order valence-electron chi connectivity index (χ1n) is 6.48. The number of pyridine rings is 1. The van der Waals surface area contributed by atoms with Crippen LogP contribution in [0.15, 0.2) is 48.7 Å². The summed E-state index contributed by atoms with van der Waals surface area (Å²) in [6, 6.07) is 14.5. The van der Waals surface area contributed by atoms with E-state index in [4.69, 9.17) is 11.6 Å². The molecule has 1 heterocycles. The summed E-state index contributed by atoms with van der Waals surface area (Å²) in [5.74, 6) is 6.18. The molecule has 0 saturated carbocycles. The number of aryl methyl sites for hydroxylation is 1. The maximum absolute atomic E-state index is 5.68. The van der Waals surface area contributed by atoms with E-state index < -0.39 is 0 Å². The number of nitrogens with two attached hydrogens (primary N) is 2. The minimum absolute atomic E-state index is 0.238. The Kier molecular flexibility index (Phi) is 4.89. The van der Waals surface area contributed by atoms with E-state index in [1.807, 2.05) is 18.2 Å². The van der Waals surface area contributed by atoms with Gasteiger partial charge in [0.15, 0.2) is 0 Å². The molecule has 1 unspecified atom stereocenters. The quantitative estimate of drug-likeness (QED) is 0.543. The molecule has 0 saturated heterocycles. The van der Waals surface area contributed by atoms with Crippen molar-refractivity contribution in [3.63, 3.8) is 0 Å². The summed E-state index contributed by atoms with van der Waals surface area (Å²) in [4.78, 5) is 3.99. The predicted molar refractivity (Wildman–Crippen MR) is 78.2 cm³/mol. The molecule has 1 aromatic heterocycles. The van der Waals surface area contributed by atoms with Gasteiger partial charge in [0.25, 0.3) is 0 Å². The summed E-state index contributed by atoms with van der Waals surface area (Å²) in [6.45, 7) is 0. The molecule has 0 spiro atoms. The van der Waals surface area contributed by atoms with Crippen molar-refractivity contribution < 1.29 is 0 Å². The second kappa shape index (κ2) is 6.87. The molecule has 5 N–H and O–H groups in total. The second-order valence-corrected chi connectivity index (χ2v) is 4.68. The Bertz CT molecular complexity index is 499. The van der Waals surface area contributed by atoms with Crippen molar-refractivity contribution in [1.29, 1.82) is 0 Å². The molecule has 0 aliphatic heterocycles. The third kappa shape index (κ3) is 4.35. The van der Waals surface area contributed by atoms with Gasteiger partial charge in [0.1, 0.15) is 5.82 Å². The standard InChI is InChI=1S/C15H20N4/c16-15-11-13(8-9-18-15)10-14(19-17)7-6-12-4-2-1-3-5-12/h1-5,8-9,11,14,19H,6-7,10,17H2,(H2,16,18). The van der Waals surface area contributed by atoms with Gasteiger partial charge in [-0.1, -0.05) is 30.3 Å². The van der Waals surface area contributed by atoms with E-state index in [0.29, 0.717) is 5.82 Å². The van der Waals surface area contributed by atoms with Crippen molar-refractivity contribution in [3.05, 3.63) is 59.8 Å². The van der Waals surface area contributed by atoms with Crippen LogP contribution >= 0.6 is 0 Å². The topological polar surface area (TPSA) is 77.0 Å². The largest absolute Gasteiger partial charge is 0.384 e. The van der Waals surface area contributed by atoms with E-state index in [1.54, 1.807) is 6.20 Å². The summed E-state index contributed by atoms with van der Waals surface area (Å²) in [5.41, 5.74) is 11.0. The number of nitrogen functional groups attached to an aromatic ring is 1. The minimum atomic E-state index is 0.238. The average molecular weight is 256 g/mol. The molecule has 4 nitrogen and oxygen atoms in total. The first kappa shape index (κ1) is 13.5. The number of rotatable bonds is 6. The Morgan fingerprint density at radius 3 is 2.58 bits per heavy atom. The lowest BCUT2D eigenvalue weighted by molar-refractivity contribution is 0.491. The number of nitrogens with one attached hydrogen (secondary N) is 1. The van der Waals surface area contributed by atoms with Crippen LogP contribution in [0.3, 0.4) is 0 Å². The van der Waals surface area contributed by atoms with Crippen LogP contribution in [-0.4, -0.2) is 11.0 Å². The molecule has 1 atom stereocenters. The Morgan fingerprint density at radius 1 is 1.11 bits per heavy atom. The highest BCUT2D eigenvalue weighted by Crippen LogP contribution is 2.10. The molecule has 2 rings (SSSR count). The number of benzene rings is 1. The van der Waals surface area contributed by atoms with Crippen molar-refractivity contribution >= 4 is 5.82 Å². The van der Waals surface area contributed by atoms with Crippen LogP contribution in [0.1, 0.15) is 17.5 Å². The van der Waals surface area contributed by atoms with Crippen molar-refractivity contribution in [2.75, 3.05) is 5.73 Å². The summed E-state index contributed by atoms with van der Waals surface area (Å²) in [6.07, 6.45) is 4.59. The van der Waals surface area contributed by atoms with Crippen molar-refractivity contribution in [2.45, 2.75) is 25.3 Å². The van der Waals surface area contributed by atoms with Crippen molar-refractivity contribution in [2.24, 2.45) is 5.84 Å². The molecule has 0 fully saturated rings. The van der Waals surface area contributed by atoms with Crippen LogP contribution in [0.25, 0.3) is 0 Å². The van der Waals surface area contributed by atoms with Crippen LogP contribution in [0.2, 0.25) is 0 Å². The molecular formula is C15H20N4. The smallest absolute Gasteiger partial charge is 0.123 e. The highest BCUT2D eigenvalue weighted by atomic mass is 15.2. The zero-order valence-corrected chi connectivity index (χ0v) is 10.9. The fourth-order valence-electron chi connectivity index (χ4n) is 2.14. The maximum Gasteiger partial charge on any atom is 0.123 e. The van der Waals surface area contributed by atoms with Gasteiger partial charge in [-0.25, -0.2) is 4.98 Å². The predicted octanol–water partition coefficient (Wildman–Crippen LogP) is 1.67. The minimum Gasteiger partial charge on any atom is -0.384 e. The summed E-state index contributed by atoms with van der Waals surface area (Å²) in [7, 11) is 0. The fourth-order valence-corrected chi connectivity index (χ4v) is 2.14. The molecule has 100 valence electrons. The van der Waals surface area contributed by atoms with Gasteiger partial charge in [-0.15, -0.1) is 0 Å². The monoisotopic (exact) mass is 256 g/mol. The van der Waals surface area contributed by atoms with Gasteiger partial charge in [-0.3, -0.25) is 11.3 Å². The van der Waals surface area contributed by atoms with Gasteiger partial charge in [0.05, 0.1) is 0 Å². The molecule has 0 aliphatic rings. The highest BCUT2D eigenvalue weighted by molar-refractivity contribution is 5.32. The van der Waals surface area contributed by atoms with Crippen LogP contribution in [-0.2, 0) is 12.8 Å². The van der Waals surface area contributed by atoms with Crippen LogP contribution in [0.5, 0.6) is 0 Å². The Balaban J connectivity index is 1.90. The van der Waals surface area contributed by atoms with Gasteiger partial charge in [-0.2, -0.15) is 0 Å². The van der Waals surface area contributed by atoms with Crippen LogP contribution < -0.4 is 17.0 Å². The zero-order chi connectivity index (χ0) is 13.5. The molecule has 4 heteroatoms. The number of hydrogen-bond donors (Lipinski definition) is 3. The third-order valence-corrected chi connectivity index (χ3v) is 3.19. The van der Waals surface area contributed by atoms with Gasteiger partial charge in [0, 0.05) is 12.2 Å². The van der Waals surface area contributed by atoms with E-state index in [1.165, 1.54) is 5.56 Å². The van der Waals surface area contributed by atoms with Gasteiger partial charge >= 0.3 is 0 Å². The number of hydrazine groups is 1. The Labute approximate surface area is 113 Å². The Morgan fingerprint density at radius 2 is 1.89 bits per heavy atom. The number of hydrogen-bond acceptors (Lipinski definition) is 4. The summed E-state index contributed by atoms with van der Waals surface area (Å²) < 4.78 is 0. The molecule has 0 radical (unpaired) electrons. The van der Waals surface area contributed by atoms with E-state index >= 15 is 0 Å². The highest BCUT2D eigenvalue weighted by Gasteiger charge is 2.08. The molecule has 0 amide bonds. The lowest BCUT2D eigenvalue weighted by Crippen LogP contribution is -2.37. The lowest BCUT2D eigenvalue weighted by atomic mass is 10.00. The SMILES string of the molecule is NNC(CCc1ccccc1)Cc1ccnc(N)c1. The van der Waals surface area contributed by atoms with E-state index in [9.17, 15) is 0 Å². The Hall–Kier alpha value is -1.91. The maximum atomic E-state index is 5.68. The fraction of sp³-hybridized carbons (Fsp3) is 0.267. The molecule has 1 aromatic carbocycles. The van der Waals surface area contributed by atoms with E-state index in [2.05, 4.69) is 34.7 Å². The first-order chi connectivity index (χ1) is 9.28. The van der Waals surface area contributed by atoms with Crippen molar-refractivity contribution in [3.8, 4) is 0 Å². The average Bonchev–Trinajstić information content (AvgIpc) is 2.44. The number of anilines is 1. The van der Waals surface area contributed by atoms with Gasteiger partial charge in [-0.05, 0) is 42.5 Å². The number of aromatic nitrogens is 1. The molecule has 2 aromatic rings. The lowest BCUT2D eigenvalue weighted by Gasteiger charge is -2.16. The molecule has 19 heavy (non-hydrogen) atoms.